The van der Waals surface area contributed by atoms with Crippen molar-refractivity contribution >= 4 is 0 Å². The van der Waals surface area contributed by atoms with Crippen LogP contribution in [0.3, 0.4) is 0 Å². The lowest BCUT2D eigenvalue weighted by atomic mass is 9.90. The molecule has 0 amide bonds. The first-order valence-electron chi connectivity index (χ1n) is 9.92. The molecular formula is C23H31FN2. The maximum absolute atomic E-state index is 13.8. The fourth-order valence-electron chi connectivity index (χ4n) is 3.77. The minimum atomic E-state index is -0.120. The highest BCUT2D eigenvalue weighted by Gasteiger charge is 2.24. The lowest BCUT2D eigenvalue weighted by molar-refractivity contribution is 0.280. The largest absolute Gasteiger partial charge is 0.308 e. The van der Waals surface area contributed by atoms with Crippen molar-refractivity contribution in [3.63, 3.8) is 0 Å². The minimum absolute atomic E-state index is 0.120. The Kier molecular flexibility index (Phi) is 6.81. The second-order valence-corrected chi connectivity index (χ2v) is 7.75. The van der Waals surface area contributed by atoms with Gasteiger partial charge in [0.1, 0.15) is 5.82 Å². The highest BCUT2D eigenvalue weighted by Crippen LogP contribution is 2.20. The van der Waals surface area contributed by atoms with Gasteiger partial charge in [0.15, 0.2) is 0 Å². The maximum Gasteiger partial charge on any atom is 0.127 e. The van der Waals surface area contributed by atoms with Crippen molar-refractivity contribution in [2.45, 2.75) is 70.6 Å². The van der Waals surface area contributed by atoms with E-state index in [4.69, 9.17) is 0 Å². The topological polar surface area (TPSA) is 24.1 Å². The molecule has 0 aromatic heterocycles. The van der Waals surface area contributed by atoms with Crippen molar-refractivity contribution in [1.82, 2.24) is 10.6 Å². The zero-order chi connectivity index (χ0) is 18.4. The SMILES string of the molecule is CC(C)c1ccc(CNC2CCCCC2NCc2ccccc2F)cc1. The monoisotopic (exact) mass is 354 g/mol. The van der Waals surface area contributed by atoms with Gasteiger partial charge in [0.05, 0.1) is 0 Å². The quantitative estimate of drug-likeness (QED) is 0.719. The van der Waals surface area contributed by atoms with E-state index in [-0.39, 0.29) is 5.82 Å². The van der Waals surface area contributed by atoms with Gasteiger partial charge in [-0.15, -0.1) is 0 Å². The Labute approximate surface area is 157 Å². The van der Waals surface area contributed by atoms with E-state index in [1.54, 1.807) is 6.07 Å². The fourth-order valence-corrected chi connectivity index (χ4v) is 3.77. The molecule has 3 rings (SSSR count). The van der Waals surface area contributed by atoms with E-state index in [2.05, 4.69) is 48.7 Å². The van der Waals surface area contributed by atoms with Crippen LogP contribution in [0.15, 0.2) is 48.5 Å². The first-order valence-corrected chi connectivity index (χ1v) is 9.92. The Morgan fingerprint density at radius 2 is 1.50 bits per heavy atom. The molecule has 2 N–H and O–H groups in total. The van der Waals surface area contributed by atoms with Crippen LogP contribution in [0.1, 0.15) is 62.1 Å². The van der Waals surface area contributed by atoms with Crippen LogP contribution in [-0.4, -0.2) is 12.1 Å². The van der Waals surface area contributed by atoms with E-state index in [9.17, 15) is 4.39 Å². The van der Waals surface area contributed by atoms with Gasteiger partial charge in [-0.25, -0.2) is 4.39 Å². The molecular weight excluding hydrogens is 323 g/mol. The third-order valence-electron chi connectivity index (χ3n) is 5.49. The second-order valence-electron chi connectivity index (χ2n) is 7.75. The first kappa shape index (κ1) is 19.1. The van der Waals surface area contributed by atoms with Crippen LogP contribution >= 0.6 is 0 Å². The number of nitrogens with one attached hydrogen (secondary N) is 2. The molecule has 26 heavy (non-hydrogen) atoms. The van der Waals surface area contributed by atoms with Crippen molar-refractivity contribution in [2.75, 3.05) is 0 Å². The summed E-state index contributed by atoms with van der Waals surface area (Å²) in [5, 5.41) is 7.32. The summed E-state index contributed by atoms with van der Waals surface area (Å²) in [6, 6.07) is 16.8. The Morgan fingerprint density at radius 3 is 2.12 bits per heavy atom. The summed E-state index contributed by atoms with van der Waals surface area (Å²) < 4.78 is 13.8. The summed E-state index contributed by atoms with van der Waals surface area (Å²) in [5.74, 6) is 0.452. The fraction of sp³-hybridized carbons (Fsp3) is 0.478. The zero-order valence-corrected chi connectivity index (χ0v) is 16.0. The molecule has 0 spiro atoms. The van der Waals surface area contributed by atoms with Crippen LogP contribution in [-0.2, 0) is 13.1 Å². The predicted molar refractivity (Wildman–Crippen MR) is 107 cm³/mol. The molecule has 3 heteroatoms. The normalized spacial score (nSPS) is 20.5. The molecule has 1 saturated carbocycles. The molecule has 1 aliphatic rings. The van der Waals surface area contributed by atoms with Gasteiger partial charge in [-0.3, -0.25) is 0 Å². The molecule has 140 valence electrons. The van der Waals surface area contributed by atoms with Gasteiger partial charge < -0.3 is 10.6 Å². The van der Waals surface area contributed by atoms with Gasteiger partial charge in [-0.1, -0.05) is 69.2 Å². The molecule has 2 unspecified atom stereocenters. The molecule has 0 aliphatic heterocycles. The molecule has 0 radical (unpaired) electrons. The van der Waals surface area contributed by atoms with E-state index in [1.807, 2.05) is 12.1 Å². The Hall–Kier alpha value is -1.71. The average Bonchev–Trinajstić information content (AvgIpc) is 2.66. The van der Waals surface area contributed by atoms with Crippen molar-refractivity contribution in [1.29, 1.82) is 0 Å². The van der Waals surface area contributed by atoms with Crippen molar-refractivity contribution in [2.24, 2.45) is 0 Å². The Balaban J connectivity index is 1.54. The van der Waals surface area contributed by atoms with Crippen LogP contribution in [0.2, 0.25) is 0 Å². The van der Waals surface area contributed by atoms with E-state index >= 15 is 0 Å². The van der Waals surface area contributed by atoms with Gasteiger partial charge in [-0.05, 0) is 36.0 Å². The number of benzene rings is 2. The molecule has 0 heterocycles. The first-order chi connectivity index (χ1) is 12.6. The molecule has 0 saturated heterocycles. The predicted octanol–water partition coefficient (Wildman–Crippen LogP) is 5.14. The van der Waals surface area contributed by atoms with Crippen LogP contribution < -0.4 is 10.6 Å². The van der Waals surface area contributed by atoms with Crippen molar-refractivity contribution in [3.8, 4) is 0 Å². The summed E-state index contributed by atoms with van der Waals surface area (Å²) >= 11 is 0. The standard InChI is InChI=1S/C23H31FN2/c1-17(2)19-13-11-18(12-14-19)15-25-22-9-5-6-10-23(22)26-16-20-7-3-4-8-21(20)24/h3-4,7-8,11-14,17,22-23,25-26H,5-6,9-10,15-16H2,1-2H3. The molecule has 2 aromatic carbocycles. The number of hydrogen-bond donors (Lipinski definition) is 2. The van der Waals surface area contributed by atoms with Crippen LogP contribution in [0, 0.1) is 5.82 Å². The molecule has 2 nitrogen and oxygen atoms in total. The van der Waals surface area contributed by atoms with Crippen LogP contribution in [0.4, 0.5) is 4.39 Å². The number of halogens is 1. The van der Waals surface area contributed by atoms with Gasteiger partial charge in [0, 0.05) is 30.7 Å². The number of rotatable bonds is 7. The van der Waals surface area contributed by atoms with Gasteiger partial charge in [0.2, 0.25) is 0 Å². The number of hydrogen-bond acceptors (Lipinski definition) is 2. The van der Waals surface area contributed by atoms with Crippen molar-refractivity contribution < 1.29 is 4.39 Å². The lowest BCUT2D eigenvalue weighted by Crippen LogP contribution is -2.49. The third-order valence-corrected chi connectivity index (χ3v) is 5.49. The summed E-state index contributed by atoms with van der Waals surface area (Å²) in [7, 11) is 0. The van der Waals surface area contributed by atoms with E-state index in [1.165, 1.54) is 36.5 Å². The van der Waals surface area contributed by atoms with Gasteiger partial charge in [-0.2, -0.15) is 0 Å². The zero-order valence-electron chi connectivity index (χ0n) is 16.0. The molecule has 1 aliphatic carbocycles. The highest BCUT2D eigenvalue weighted by molar-refractivity contribution is 5.24. The molecule has 2 aromatic rings. The van der Waals surface area contributed by atoms with Gasteiger partial charge >= 0.3 is 0 Å². The van der Waals surface area contributed by atoms with E-state index in [0.717, 1.165) is 18.5 Å². The minimum Gasteiger partial charge on any atom is -0.308 e. The molecule has 1 fully saturated rings. The van der Waals surface area contributed by atoms with Crippen LogP contribution in [0.25, 0.3) is 0 Å². The molecule has 0 bridgehead atoms. The summed E-state index contributed by atoms with van der Waals surface area (Å²) in [6.07, 6.45) is 4.84. The van der Waals surface area contributed by atoms with Gasteiger partial charge in [0.25, 0.3) is 0 Å². The Morgan fingerprint density at radius 1 is 0.885 bits per heavy atom. The highest BCUT2D eigenvalue weighted by atomic mass is 19.1. The van der Waals surface area contributed by atoms with Crippen LogP contribution in [0.5, 0.6) is 0 Å². The van der Waals surface area contributed by atoms with E-state index in [0.29, 0.717) is 24.5 Å². The summed E-state index contributed by atoms with van der Waals surface area (Å²) in [4.78, 5) is 0. The third kappa shape index (κ3) is 5.15. The summed E-state index contributed by atoms with van der Waals surface area (Å²) in [5.41, 5.74) is 3.46. The molecule has 2 atom stereocenters. The second kappa shape index (κ2) is 9.29. The summed E-state index contributed by atoms with van der Waals surface area (Å²) in [6.45, 7) is 5.93. The van der Waals surface area contributed by atoms with E-state index < -0.39 is 0 Å². The average molecular weight is 355 g/mol. The van der Waals surface area contributed by atoms with Crippen molar-refractivity contribution in [3.05, 3.63) is 71.0 Å². The Bertz CT molecular complexity index is 681. The maximum atomic E-state index is 13.8. The lowest BCUT2D eigenvalue weighted by Gasteiger charge is -2.33. The smallest absolute Gasteiger partial charge is 0.127 e.